The number of hydrogen-bond acceptors (Lipinski definition) is 7. The van der Waals surface area contributed by atoms with Crippen LogP contribution in [0.15, 0.2) is 25.0 Å². The van der Waals surface area contributed by atoms with Crippen molar-refractivity contribution >= 4 is 17.0 Å². The van der Waals surface area contributed by atoms with E-state index in [-0.39, 0.29) is 5.41 Å². The molecule has 3 aromatic rings. The van der Waals surface area contributed by atoms with Gasteiger partial charge in [-0.15, -0.1) is 0 Å². The number of aromatic nitrogens is 6. The molecule has 130 valence electrons. The summed E-state index contributed by atoms with van der Waals surface area (Å²) in [7, 11) is 1.87. The van der Waals surface area contributed by atoms with E-state index in [0.717, 1.165) is 55.2 Å². The minimum atomic E-state index is -0.105. The zero-order valence-electron chi connectivity index (χ0n) is 14.5. The Morgan fingerprint density at radius 1 is 1.28 bits per heavy atom. The molecule has 1 saturated heterocycles. The second-order valence-electron chi connectivity index (χ2n) is 6.87. The first-order chi connectivity index (χ1) is 12.2. The first-order valence-electron chi connectivity index (χ1n) is 8.53. The molecule has 0 aliphatic carbocycles. The van der Waals surface area contributed by atoms with Gasteiger partial charge in [0.15, 0.2) is 11.5 Å². The second kappa shape index (κ2) is 6.36. The fraction of sp³-hybridized carbons (Fsp3) is 0.471. The van der Waals surface area contributed by atoms with Crippen molar-refractivity contribution in [2.75, 3.05) is 25.5 Å². The molecule has 0 aromatic carbocycles. The molecule has 1 aliphatic heterocycles. The van der Waals surface area contributed by atoms with E-state index < -0.39 is 0 Å². The first kappa shape index (κ1) is 15.9. The third-order valence-corrected chi connectivity index (χ3v) is 4.86. The first-order valence-corrected chi connectivity index (χ1v) is 8.53. The number of hydrogen-bond donors (Lipinski definition) is 2. The summed E-state index contributed by atoms with van der Waals surface area (Å²) in [5.41, 5.74) is 2.59. The van der Waals surface area contributed by atoms with Crippen LogP contribution in [0.1, 0.15) is 31.2 Å². The highest BCUT2D eigenvalue weighted by Gasteiger charge is 2.36. The molecule has 0 saturated carbocycles. The Hall–Kier alpha value is -2.61. The summed E-state index contributed by atoms with van der Waals surface area (Å²) in [6.45, 7) is 5.06. The monoisotopic (exact) mass is 338 g/mol. The molecular weight excluding hydrogens is 316 g/mol. The Labute approximate surface area is 146 Å². The third-order valence-electron chi connectivity index (χ3n) is 4.86. The van der Waals surface area contributed by atoms with E-state index >= 15 is 0 Å². The Bertz CT molecular complexity index is 861. The summed E-state index contributed by atoms with van der Waals surface area (Å²) in [5, 5.41) is 3.15. The molecule has 25 heavy (non-hydrogen) atoms. The predicted octanol–water partition coefficient (Wildman–Crippen LogP) is 1.74. The van der Waals surface area contributed by atoms with Gasteiger partial charge in [0.2, 0.25) is 0 Å². The van der Waals surface area contributed by atoms with Gasteiger partial charge in [-0.05, 0) is 19.4 Å². The molecule has 2 N–H and O–H groups in total. The topological polar surface area (TPSA) is 95.5 Å². The summed E-state index contributed by atoms with van der Waals surface area (Å²) < 4.78 is 0. The number of H-pyrrole nitrogens is 1. The quantitative estimate of drug-likeness (QED) is 0.748. The van der Waals surface area contributed by atoms with Gasteiger partial charge in [0.05, 0.1) is 6.33 Å². The highest BCUT2D eigenvalue weighted by atomic mass is 15.2. The van der Waals surface area contributed by atoms with Crippen LogP contribution in [0.5, 0.6) is 0 Å². The lowest BCUT2D eigenvalue weighted by molar-refractivity contribution is 0.144. The number of anilines is 1. The van der Waals surface area contributed by atoms with E-state index in [2.05, 4.69) is 37.1 Å². The minimum absolute atomic E-state index is 0.105. The normalized spacial score (nSPS) is 21.5. The number of imidazole rings is 1. The Kier molecular flexibility index (Phi) is 4.04. The summed E-state index contributed by atoms with van der Waals surface area (Å²) in [5.74, 6) is 1.65. The predicted molar refractivity (Wildman–Crippen MR) is 95.1 cm³/mol. The van der Waals surface area contributed by atoms with Gasteiger partial charge in [0.25, 0.3) is 0 Å². The van der Waals surface area contributed by atoms with Gasteiger partial charge in [0, 0.05) is 43.5 Å². The van der Waals surface area contributed by atoms with Crippen molar-refractivity contribution in [1.29, 1.82) is 0 Å². The molecule has 4 rings (SSSR count). The van der Waals surface area contributed by atoms with E-state index in [4.69, 9.17) is 9.97 Å². The van der Waals surface area contributed by atoms with Crippen LogP contribution < -0.4 is 5.32 Å². The molecule has 1 aliphatic rings. The average Bonchev–Trinajstić information content (AvgIpc) is 3.10. The molecule has 8 nitrogen and oxygen atoms in total. The summed E-state index contributed by atoms with van der Waals surface area (Å²) >= 11 is 0. The number of fused-ring (bicyclic) bond motifs is 1. The Morgan fingerprint density at radius 3 is 2.92 bits per heavy atom. The van der Waals surface area contributed by atoms with Gasteiger partial charge >= 0.3 is 0 Å². The molecule has 0 amide bonds. The second-order valence-corrected chi connectivity index (χ2v) is 6.87. The van der Waals surface area contributed by atoms with Gasteiger partial charge in [-0.3, -0.25) is 4.90 Å². The molecule has 1 unspecified atom stereocenters. The van der Waals surface area contributed by atoms with Crippen LogP contribution in [0.2, 0.25) is 0 Å². The summed E-state index contributed by atoms with van der Waals surface area (Å²) in [6, 6.07) is 0. The zero-order chi connectivity index (χ0) is 17.3. The number of likely N-dealkylation sites (tertiary alicyclic amines) is 1. The summed E-state index contributed by atoms with van der Waals surface area (Å²) in [4.78, 5) is 27.6. The van der Waals surface area contributed by atoms with Crippen LogP contribution in [0.3, 0.4) is 0 Å². The van der Waals surface area contributed by atoms with Crippen molar-refractivity contribution in [3.63, 3.8) is 0 Å². The molecule has 0 bridgehead atoms. The molecule has 3 aromatic heterocycles. The zero-order valence-corrected chi connectivity index (χ0v) is 14.5. The molecule has 0 spiro atoms. The maximum atomic E-state index is 4.78. The van der Waals surface area contributed by atoms with Gasteiger partial charge in [-0.1, -0.05) is 6.92 Å². The fourth-order valence-electron chi connectivity index (χ4n) is 3.62. The highest BCUT2D eigenvalue weighted by molar-refractivity contribution is 5.82. The van der Waals surface area contributed by atoms with Crippen molar-refractivity contribution < 1.29 is 0 Å². The number of nitrogens with zero attached hydrogens (tertiary/aromatic N) is 6. The SMILES string of the molecule is CNc1nc(C2(C)CCCN(Cc3cncnc3)C2)nc2nc[nH]c12. The van der Waals surface area contributed by atoms with Crippen molar-refractivity contribution in [1.82, 2.24) is 34.8 Å². The molecular formula is C17H22N8. The third kappa shape index (κ3) is 3.05. The molecule has 1 atom stereocenters. The van der Waals surface area contributed by atoms with Crippen LogP contribution in [0.25, 0.3) is 11.2 Å². The number of nitrogens with one attached hydrogen (secondary N) is 2. The maximum absolute atomic E-state index is 4.78. The van der Waals surface area contributed by atoms with E-state index in [1.165, 1.54) is 0 Å². The number of rotatable bonds is 4. The van der Waals surface area contributed by atoms with Crippen LogP contribution in [0.4, 0.5) is 5.82 Å². The fourth-order valence-corrected chi connectivity index (χ4v) is 3.62. The van der Waals surface area contributed by atoms with Crippen LogP contribution in [-0.2, 0) is 12.0 Å². The maximum Gasteiger partial charge on any atom is 0.183 e. The molecule has 1 fully saturated rings. The average molecular weight is 338 g/mol. The molecule has 0 radical (unpaired) electrons. The van der Waals surface area contributed by atoms with Gasteiger partial charge in [-0.2, -0.15) is 0 Å². The standard InChI is InChI=1S/C17H22N8/c1-17(16-23-14(18-2)13-15(24-16)22-11-21-13)4-3-5-25(9-17)8-12-6-19-10-20-7-12/h6-7,10-11H,3-5,8-9H2,1-2H3,(H2,18,21,22,23,24). The van der Waals surface area contributed by atoms with E-state index in [1.807, 2.05) is 19.4 Å². The van der Waals surface area contributed by atoms with Crippen LogP contribution in [-0.4, -0.2) is 54.9 Å². The number of aromatic amines is 1. The Morgan fingerprint density at radius 2 is 2.12 bits per heavy atom. The van der Waals surface area contributed by atoms with Crippen molar-refractivity contribution in [3.8, 4) is 0 Å². The van der Waals surface area contributed by atoms with Crippen LogP contribution in [0, 0.1) is 0 Å². The number of piperidine rings is 1. The van der Waals surface area contributed by atoms with Gasteiger partial charge < -0.3 is 10.3 Å². The van der Waals surface area contributed by atoms with Crippen molar-refractivity contribution in [3.05, 3.63) is 36.4 Å². The van der Waals surface area contributed by atoms with Gasteiger partial charge in [-0.25, -0.2) is 24.9 Å². The smallest absolute Gasteiger partial charge is 0.183 e. The largest absolute Gasteiger partial charge is 0.371 e. The van der Waals surface area contributed by atoms with Crippen molar-refractivity contribution in [2.45, 2.75) is 31.7 Å². The highest BCUT2D eigenvalue weighted by Crippen LogP contribution is 2.33. The minimum Gasteiger partial charge on any atom is -0.371 e. The van der Waals surface area contributed by atoms with E-state index in [0.29, 0.717) is 5.65 Å². The Balaban J connectivity index is 1.62. The van der Waals surface area contributed by atoms with E-state index in [1.54, 1.807) is 12.7 Å². The lowest BCUT2D eigenvalue weighted by Gasteiger charge is -2.39. The van der Waals surface area contributed by atoms with Crippen molar-refractivity contribution in [2.24, 2.45) is 0 Å². The lowest BCUT2D eigenvalue weighted by Crippen LogP contribution is -2.45. The van der Waals surface area contributed by atoms with E-state index in [9.17, 15) is 0 Å². The van der Waals surface area contributed by atoms with Gasteiger partial charge in [0.1, 0.15) is 17.7 Å². The molecule has 8 heteroatoms. The lowest BCUT2D eigenvalue weighted by atomic mass is 9.81. The van der Waals surface area contributed by atoms with Crippen LogP contribution >= 0.6 is 0 Å². The summed E-state index contributed by atoms with van der Waals surface area (Å²) in [6.07, 6.45) is 9.16. The molecule has 4 heterocycles.